The van der Waals surface area contributed by atoms with Crippen molar-refractivity contribution >= 4 is 27.5 Å². The fourth-order valence-corrected chi connectivity index (χ4v) is 2.24. The highest BCUT2D eigenvalue weighted by Crippen LogP contribution is 2.13. The minimum atomic E-state index is -0.213. The summed E-state index contributed by atoms with van der Waals surface area (Å²) >= 11 is 8.97. The van der Waals surface area contributed by atoms with E-state index >= 15 is 0 Å². The molecule has 0 aliphatic rings. The Hall–Kier alpha value is -1.33. The average Bonchev–Trinajstić information content (AvgIpc) is 2.36. The first-order valence-corrected chi connectivity index (χ1v) is 6.33. The summed E-state index contributed by atoms with van der Waals surface area (Å²) in [5.41, 5.74) is 0.731. The lowest BCUT2D eigenvalue weighted by molar-refractivity contribution is 0.414. The Bertz CT molecular complexity index is 610. The van der Waals surface area contributed by atoms with Crippen LogP contribution in [-0.2, 0) is 6.54 Å². The van der Waals surface area contributed by atoms with Gasteiger partial charge in [-0.2, -0.15) is 5.10 Å². The normalized spacial score (nSPS) is 10.4. The summed E-state index contributed by atoms with van der Waals surface area (Å²) in [5, 5.41) is 4.25. The summed E-state index contributed by atoms with van der Waals surface area (Å²) in [4.78, 5) is 11.8. The molecule has 0 bridgehead atoms. The molecular formula is C12H10BrClN2O2. The van der Waals surface area contributed by atoms with E-state index in [-0.39, 0.29) is 10.7 Å². The highest BCUT2D eigenvalue weighted by Gasteiger charge is 2.05. The van der Waals surface area contributed by atoms with Crippen LogP contribution in [0, 0.1) is 0 Å². The maximum absolute atomic E-state index is 11.8. The minimum Gasteiger partial charge on any atom is -0.497 e. The third-order valence-electron chi connectivity index (χ3n) is 2.39. The number of nitrogens with zero attached hydrogens (tertiary/aromatic N) is 2. The van der Waals surface area contributed by atoms with E-state index in [1.165, 1.54) is 10.7 Å². The lowest BCUT2D eigenvalue weighted by atomic mass is 10.2. The Morgan fingerprint density at radius 1 is 1.39 bits per heavy atom. The largest absolute Gasteiger partial charge is 0.497 e. The summed E-state index contributed by atoms with van der Waals surface area (Å²) in [5.74, 6) is 0.770. The van der Waals surface area contributed by atoms with Crippen LogP contribution >= 0.6 is 27.5 Å². The van der Waals surface area contributed by atoms with E-state index < -0.39 is 0 Å². The minimum absolute atomic E-state index is 0.213. The lowest BCUT2D eigenvalue weighted by Gasteiger charge is -2.06. The molecule has 0 saturated carbocycles. The van der Waals surface area contributed by atoms with Crippen molar-refractivity contribution in [3.8, 4) is 5.75 Å². The van der Waals surface area contributed by atoms with Gasteiger partial charge >= 0.3 is 0 Å². The molecule has 0 fully saturated rings. The summed E-state index contributed by atoms with van der Waals surface area (Å²) in [6, 6.07) is 8.90. The summed E-state index contributed by atoms with van der Waals surface area (Å²) in [6.07, 6.45) is 0. The molecule has 6 heteroatoms. The zero-order chi connectivity index (χ0) is 13.1. The van der Waals surface area contributed by atoms with E-state index in [2.05, 4.69) is 21.0 Å². The van der Waals surface area contributed by atoms with Crippen LogP contribution in [0.2, 0.25) is 5.15 Å². The molecule has 0 radical (unpaired) electrons. The zero-order valence-electron chi connectivity index (χ0n) is 9.56. The van der Waals surface area contributed by atoms with Crippen LogP contribution in [0.15, 0.2) is 39.6 Å². The Morgan fingerprint density at radius 3 is 2.67 bits per heavy atom. The maximum Gasteiger partial charge on any atom is 0.281 e. The molecule has 0 unspecified atom stereocenters. The van der Waals surface area contributed by atoms with Gasteiger partial charge in [0.1, 0.15) is 5.75 Å². The molecule has 0 N–H and O–H groups in total. The molecule has 2 aromatic rings. The number of aromatic nitrogens is 2. The summed E-state index contributed by atoms with van der Waals surface area (Å²) in [6.45, 7) is 0.363. The predicted molar refractivity (Wildman–Crippen MR) is 73.3 cm³/mol. The van der Waals surface area contributed by atoms with Crippen molar-refractivity contribution in [3.05, 3.63) is 55.9 Å². The first-order valence-electron chi connectivity index (χ1n) is 5.16. The second-order valence-corrected chi connectivity index (χ2v) is 4.87. The lowest BCUT2D eigenvalue weighted by Crippen LogP contribution is -2.23. The smallest absolute Gasteiger partial charge is 0.281 e. The molecule has 0 amide bonds. The molecule has 18 heavy (non-hydrogen) atoms. The van der Waals surface area contributed by atoms with Gasteiger partial charge in [-0.3, -0.25) is 4.79 Å². The number of benzene rings is 1. The quantitative estimate of drug-likeness (QED) is 0.869. The van der Waals surface area contributed by atoms with Crippen LogP contribution in [0.1, 0.15) is 5.56 Å². The zero-order valence-corrected chi connectivity index (χ0v) is 11.9. The van der Waals surface area contributed by atoms with Gasteiger partial charge in [0.05, 0.1) is 18.1 Å². The van der Waals surface area contributed by atoms with Crippen LogP contribution in [-0.4, -0.2) is 16.9 Å². The van der Waals surface area contributed by atoms with Crippen LogP contribution in [0.5, 0.6) is 5.75 Å². The highest BCUT2D eigenvalue weighted by atomic mass is 79.9. The molecule has 4 nitrogen and oxygen atoms in total. The second-order valence-electron chi connectivity index (χ2n) is 3.63. The average molecular weight is 330 g/mol. The molecule has 0 saturated heterocycles. The van der Waals surface area contributed by atoms with Crippen LogP contribution in [0.3, 0.4) is 0 Å². The number of methoxy groups -OCH3 is 1. The second kappa shape index (κ2) is 5.54. The molecule has 2 rings (SSSR count). The topological polar surface area (TPSA) is 44.1 Å². The monoisotopic (exact) mass is 328 g/mol. The molecular weight excluding hydrogens is 320 g/mol. The van der Waals surface area contributed by atoms with Gasteiger partial charge in [0.2, 0.25) is 0 Å². The van der Waals surface area contributed by atoms with Gasteiger partial charge in [0.15, 0.2) is 5.15 Å². The van der Waals surface area contributed by atoms with Crippen molar-refractivity contribution < 1.29 is 4.74 Å². The van der Waals surface area contributed by atoms with Gasteiger partial charge in [-0.15, -0.1) is 0 Å². The van der Waals surface area contributed by atoms with Gasteiger partial charge in [-0.25, -0.2) is 4.68 Å². The van der Waals surface area contributed by atoms with Gasteiger partial charge in [-0.05, 0) is 39.7 Å². The van der Waals surface area contributed by atoms with Gasteiger partial charge in [-0.1, -0.05) is 23.7 Å². The van der Waals surface area contributed by atoms with Crippen LogP contribution in [0.4, 0.5) is 0 Å². The molecule has 1 heterocycles. The Balaban J connectivity index is 2.31. The van der Waals surface area contributed by atoms with Gasteiger partial charge < -0.3 is 4.74 Å². The Kier molecular flexibility index (Phi) is 4.04. The van der Waals surface area contributed by atoms with Crippen LogP contribution in [0.25, 0.3) is 0 Å². The SMILES string of the molecule is COc1ccc(Cn2nc(Cl)cc(Br)c2=O)cc1. The molecule has 0 aliphatic heterocycles. The highest BCUT2D eigenvalue weighted by molar-refractivity contribution is 9.10. The van der Waals surface area contributed by atoms with E-state index in [0.717, 1.165) is 11.3 Å². The predicted octanol–water partition coefficient (Wildman–Crippen LogP) is 2.72. The standard InChI is InChI=1S/C12H10BrClN2O2/c1-18-9-4-2-8(3-5-9)7-16-12(17)10(13)6-11(14)15-16/h2-6H,7H2,1H3. The van der Waals surface area contributed by atoms with E-state index in [4.69, 9.17) is 16.3 Å². The molecule has 0 spiro atoms. The van der Waals surface area contributed by atoms with Gasteiger partial charge in [0.25, 0.3) is 5.56 Å². The number of hydrogen-bond donors (Lipinski definition) is 0. The van der Waals surface area contributed by atoms with Crippen molar-refractivity contribution in [1.82, 2.24) is 9.78 Å². The first kappa shape index (κ1) is 13.1. The van der Waals surface area contributed by atoms with Crippen molar-refractivity contribution in [2.75, 3.05) is 7.11 Å². The van der Waals surface area contributed by atoms with Crippen molar-refractivity contribution in [1.29, 1.82) is 0 Å². The fraction of sp³-hybridized carbons (Fsp3) is 0.167. The number of hydrogen-bond acceptors (Lipinski definition) is 3. The third kappa shape index (κ3) is 2.91. The Morgan fingerprint density at radius 2 is 2.06 bits per heavy atom. The van der Waals surface area contributed by atoms with Gasteiger partial charge in [0, 0.05) is 0 Å². The fourth-order valence-electron chi connectivity index (χ4n) is 1.49. The van der Waals surface area contributed by atoms with E-state index in [0.29, 0.717) is 11.0 Å². The summed E-state index contributed by atoms with van der Waals surface area (Å²) in [7, 11) is 1.61. The Labute approximate surface area is 117 Å². The maximum atomic E-state index is 11.8. The number of halogens is 2. The molecule has 1 aromatic carbocycles. The van der Waals surface area contributed by atoms with E-state index in [1.807, 2.05) is 24.3 Å². The number of rotatable bonds is 3. The van der Waals surface area contributed by atoms with Crippen molar-refractivity contribution in [2.45, 2.75) is 6.54 Å². The van der Waals surface area contributed by atoms with Crippen molar-refractivity contribution in [2.24, 2.45) is 0 Å². The molecule has 0 aliphatic carbocycles. The van der Waals surface area contributed by atoms with Crippen molar-refractivity contribution in [3.63, 3.8) is 0 Å². The summed E-state index contributed by atoms with van der Waals surface area (Å²) < 4.78 is 6.78. The molecule has 1 aromatic heterocycles. The van der Waals surface area contributed by atoms with Crippen LogP contribution < -0.4 is 10.3 Å². The first-order chi connectivity index (χ1) is 8.60. The molecule has 94 valence electrons. The van der Waals surface area contributed by atoms with E-state index in [1.54, 1.807) is 7.11 Å². The number of ether oxygens (including phenoxy) is 1. The molecule has 0 atom stereocenters. The van der Waals surface area contributed by atoms with E-state index in [9.17, 15) is 4.79 Å². The third-order valence-corrected chi connectivity index (χ3v) is 3.15.